The van der Waals surface area contributed by atoms with E-state index in [0.29, 0.717) is 0 Å². The van der Waals surface area contributed by atoms with E-state index < -0.39 is 5.41 Å². The van der Waals surface area contributed by atoms with Crippen molar-refractivity contribution in [1.82, 2.24) is 0 Å². The maximum atomic E-state index is 5.10. The van der Waals surface area contributed by atoms with Crippen LogP contribution in [0.5, 0.6) is 0 Å². The number of nitrogens with zero attached hydrogens (tertiary/aromatic N) is 2. The van der Waals surface area contributed by atoms with Crippen LogP contribution in [0.1, 0.15) is 73.7 Å². The predicted octanol–water partition coefficient (Wildman–Crippen LogP) is 15.6. The lowest BCUT2D eigenvalue weighted by Gasteiger charge is -2.34. The topological polar surface area (TPSA) is 6.48 Å². The summed E-state index contributed by atoms with van der Waals surface area (Å²) in [4.78, 5) is 4.93. The van der Waals surface area contributed by atoms with Gasteiger partial charge in [0.1, 0.15) is 0 Å². The van der Waals surface area contributed by atoms with E-state index >= 15 is 0 Å². The summed E-state index contributed by atoms with van der Waals surface area (Å²) in [6.45, 7) is 24.9. The fraction of sp³-hybridized carbons (Fsp3) is 0.172. The number of hydrogen-bond donors (Lipinski definition) is 0. The van der Waals surface area contributed by atoms with Crippen molar-refractivity contribution >= 4 is 34.0 Å². The second-order valence-electron chi connectivity index (χ2n) is 17.1. The maximum Gasteiger partial charge on any atom is 0.0726 e. The Morgan fingerprint density at radius 3 is 1.38 bits per heavy atom. The van der Waals surface area contributed by atoms with Crippen LogP contribution in [-0.4, -0.2) is 0 Å². The lowest BCUT2D eigenvalue weighted by molar-refractivity contribution is 0.785. The molecular weight excluding hydrogens is 725 g/mol. The van der Waals surface area contributed by atoms with Crippen LogP contribution >= 0.6 is 0 Å². The summed E-state index contributed by atoms with van der Waals surface area (Å²) in [6, 6.07) is 52.5. The maximum absolute atomic E-state index is 5.10. The molecule has 9 rings (SSSR count). The van der Waals surface area contributed by atoms with Gasteiger partial charge >= 0.3 is 0 Å². The molecular formula is C58H54N2. The third-order valence-corrected chi connectivity index (χ3v) is 12.8. The van der Waals surface area contributed by atoms with E-state index in [-0.39, 0.29) is 0 Å². The van der Waals surface area contributed by atoms with Crippen LogP contribution in [0.15, 0.2) is 170 Å². The largest absolute Gasteiger partial charge is 0.310 e. The predicted molar refractivity (Wildman–Crippen MR) is 257 cm³/mol. The quantitative estimate of drug-likeness (QED) is 0.152. The first-order valence-corrected chi connectivity index (χ1v) is 21.2. The zero-order valence-corrected chi connectivity index (χ0v) is 36.5. The minimum Gasteiger partial charge on any atom is -0.310 e. The van der Waals surface area contributed by atoms with E-state index in [1.807, 2.05) is 0 Å². The van der Waals surface area contributed by atoms with Gasteiger partial charge in [0.15, 0.2) is 0 Å². The zero-order chi connectivity index (χ0) is 42.0. The molecule has 2 nitrogen and oxygen atoms in total. The van der Waals surface area contributed by atoms with E-state index in [1.165, 1.54) is 101 Å². The van der Waals surface area contributed by atoms with Crippen LogP contribution < -0.4 is 9.80 Å². The van der Waals surface area contributed by atoms with E-state index in [2.05, 4.69) is 224 Å². The first-order valence-electron chi connectivity index (χ1n) is 21.2. The molecule has 60 heavy (non-hydrogen) atoms. The fourth-order valence-corrected chi connectivity index (χ4v) is 10.4. The molecule has 0 aliphatic heterocycles. The van der Waals surface area contributed by atoms with Gasteiger partial charge in [-0.3, -0.25) is 0 Å². The van der Waals surface area contributed by atoms with Gasteiger partial charge in [0.05, 0.1) is 11.1 Å². The molecule has 0 fully saturated rings. The van der Waals surface area contributed by atoms with Gasteiger partial charge in [0.25, 0.3) is 0 Å². The van der Waals surface area contributed by atoms with Gasteiger partial charge in [-0.1, -0.05) is 150 Å². The second-order valence-corrected chi connectivity index (χ2v) is 17.1. The fourth-order valence-electron chi connectivity index (χ4n) is 10.4. The van der Waals surface area contributed by atoms with Crippen LogP contribution in [0.2, 0.25) is 0 Å². The van der Waals surface area contributed by atoms with Crippen molar-refractivity contribution in [2.24, 2.45) is 0 Å². The lowest BCUT2D eigenvalue weighted by atomic mass is 9.69. The Balaban J connectivity index is 1.38. The normalized spacial score (nSPS) is 15.1. The highest BCUT2D eigenvalue weighted by Gasteiger charge is 2.53. The summed E-state index contributed by atoms with van der Waals surface area (Å²) in [7, 11) is 0. The number of rotatable bonds is 8. The van der Waals surface area contributed by atoms with Gasteiger partial charge in [-0.15, -0.1) is 0 Å². The zero-order valence-electron chi connectivity index (χ0n) is 36.5. The van der Waals surface area contributed by atoms with Crippen LogP contribution in [0.3, 0.4) is 0 Å². The van der Waals surface area contributed by atoms with Crippen molar-refractivity contribution < 1.29 is 0 Å². The molecule has 2 heteroatoms. The van der Waals surface area contributed by atoms with Gasteiger partial charge in [0, 0.05) is 39.6 Å². The number of aryl methyl sites for hydroxylation is 8. The lowest BCUT2D eigenvalue weighted by Crippen LogP contribution is -2.27. The van der Waals surface area contributed by atoms with Crippen molar-refractivity contribution in [3.8, 4) is 11.1 Å². The molecule has 296 valence electrons. The van der Waals surface area contributed by atoms with Crippen molar-refractivity contribution in [1.29, 1.82) is 0 Å². The number of allylic oxidation sites excluding steroid dienone is 4. The summed E-state index contributed by atoms with van der Waals surface area (Å²) in [5.41, 5.74) is 26.1. The molecule has 2 aliphatic rings. The molecule has 2 aliphatic carbocycles. The average Bonchev–Trinajstić information content (AvgIpc) is 3.68. The number of fused-ring (bicyclic) bond motifs is 7. The second kappa shape index (κ2) is 14.9. The van der Waals surface area contributed by atoms with Crippen LogP contribution in [0.4, 0.5) is 28.4 Å². The third kappa shape index (κ3) is 5.92. The minimum atomic E-state index is -0.601. The van der Waals surface area contributed by atoms with Crippen molar-refractivity contribution in [2.45, 2.75) is 67.7 Å². The van der Waals surface area contributed by atoms with E-state index in [9.17, 15) is 0 Å². The molecule has 0 amide bonds. The van der Waals surface area contributed by atoms with Crippen molar-refractivity contribution in [3.05, 3.63) is 236 Å². The monoisotopic (exact) mass is 778 g/mol. The van der Waals surface area contributed by atoms with E-state index in [0.717, 1.165) is 22.6 Å². The molecule has 1 spiro atoms. The molecule has 0 N–H and O–H groups in total. The molecule has 0 heterocycles. The Morgan fingerprint density at radius 2 is 0.900 bits per heavy atom. The van der Waals surface area contributed by atoms with Crippen LogP contribution in [0, 0.1) is 55.4 Å². The molecule has 1 atom stereocenters. The Hall–Kier alpha value is -6.64. The summed E-state index contributed by atoms with van der Waals surface area (Å²) < 4.78 is 0. The van der Waals surface area contributed by atoms with Crippen molar-refractivity contribution in [2.75, 3.05) is 9.80 Å². The van der Waals surface area contributed by atoms with Gasteiger partial charge in [-0.25, -0.2) is 0 Å². The van der Waals surface area contributed by atoms with E-state index in [1.54, 1.807) is 0 Å². The number of hydrogen-bond acceptors (Lipinski definition) is 2. The highest BCUT2D eigenvalue weighted by molar-refractivity contribution is 6.05. The van der Waals surface area contributed by atoms with Gasteiger partial charge in [-0.05, 0) is 148 Å². The minimum absolute atomic E-state index is 0.601. The Morgan fingerprint density at radius 1 is 0.467 bits per heavy atom. The van der Waals surface area contributed by atoms with Crippen LogP contribution in [0.25, 0.3) is 16.7 Å². The SMILES string of the molecule is C=C(C1=C(C=CC)C2(c3ccccc31)c1ccccc1-c1c(N(c3ccc(C)cc3C)c3ccc(C)cc3C)cccc12)N(c1ccc(C)cc1C)c1ccc(C)cc1C. The van der Waals surface area contributed by atoms with Crippen LogP contribution in [-0.2, 0) is 5.41 Å². The average molecular weight is 779 g/mol. The van der Waals surface area contributed by atoms with Gasteiger partial charge in [-0.2, -0.15) is 0 Å². The third-order valence-electron chi connectivity index (χ3n) is 12.8. The molecule has 0 saturated carbocycles. The molecule has 0 aromatic heterocycles. The summed E-state index contributed by atoms with van der Waals surface area (Å²) in [5.74, 6) is 0. The van der Waals surface area contributed by atoms with Gasteiger partial charge < -0.3 is 9.80 Å². The molecule has 0 radical (unpaired) electrons. The molecule has 0 saturated heterocycles. The van der Waals surface area contributed by atoms with Crippen molar-refractivity contribution in [3.63, 3.8) is 0 Å². The van der Waals surface area contributed by atoms with Gasteiger partial charge in [0.2, 0.25) is 0 Å². The van der Waals surface area contributed by atoms with E-state index in [4.69, 9.17) is 6.58 Å². The highest BCUT2D eigenvalue weighted by atomic mass is 15.2. The first kappa shape index (κ1) is 38.9. The summed E-state index contributed by atoms with van der Waals surface area (Å²) >= 11 is 0. The smallest absolute Gasteiger partial charge is 0.0726 e. The first-order chi connectivity index (χ1) is 28.9. The molecule has 7 aromatic carbocycles. The Labute approximate surface area is 357 Å². The standard InChI is InChI=1S/C58H54N2/c1-11-17-49-56(44(10)59(51-28-24-36(2)32-40(51)6)52-29-25-37(3)33-41(52)7)45-18-12-14-20-47(45)58(49)48-21-15-13-19-46(48)57-50(58)22-16-23-55(57)60(53-30-26-38(4)34-42(53)8)54-31-27-39(5)35-43(54)9/h11-35H,10H2,1-9H3. The molecule has 7 aromatic rings. The summed E-state index contributed by atoms with van der Waals surface area (Å²) in [5, 5.41) is 0. The number of benzene rings is 7. The molecule has 0 bridgehead atoms. The summed E-state index contributed by atoms with van der Waals surface area (Å²) in [6.07, 6.45) is 4.59. The highest BCUT2D eigenvalue weighted by Crippen LogP contribution is 2.65. The molecule has 1 unspecified atom stereocenters. The number of anilines is 5. The Bertz CT molecular complexity index is 2850. The Kier molecular flexibility index (Phi) is 9.63.